The van der Waals surface area contributed by atoms with Crippen molar-refractivity contribution in [2.45, 2.75) is 38.2 Å². The van der Waals surface area contributed by atoms with Crippen molar-refractivity contribution in [3.05, 3.63) is 24.5 Å². The van der Waals surface area contributed by atoms with Gasteiger partial charge in [0, 0.05) is 4.90 Å². The number of allylic oxidation sites excluding steroid dienone is 1. The second kappa shape index (κ2) is 5.92. The van der Waals surface area contributed by atoms with E-state index < -0.39 is 5.60 Å². The normalized spacial score (nSPS) is 10.8. The van der Waals surface area contributed by atoms with Gasteiger partial charge in [0.05, 0.1) is 11.9 Å². The fourth-order valence-corrected chi connectivity index (χ4v) is 2.26. The average Bonchev–Trinajstić information content (AvgIpc) is 2.29. The highest BCUT2D eigenvalue weighted by molar-refractivity contribution is 7.99. The molecule has 0 fully saturated rings. The first kappa shape index (κ1) is 14.6. The molecule has 4 heteroatoms. The molecule has 1 aromatic rings. The number of thioether (sulfide) groups is 1. The lowest BCUT2D eigenvalue weighted by Crippen LogP contribution is -2.25. The smallest absolute Gasteiger partial charge is 0.188 e. The minimum atomic E-state index is -0.847. The van der Waals surface area contributed by atoms with E-state index in [0.717, 1.165) is 21.9 Å². The van der Waals surface area contributed by atoms with Crippen molar-refractivity contribution in [3.63, 3.8) is 0 Å². The summed E-state index contributed by atoms with van der Waals surface area (Å²) in [5.74, 6) is 1.56. The Hall–Kier alpha value is -1.47. The van der Waals surface area contributed by atoms with Crippen molar-refractivity contribution < 1.29 is 4.74 Å². The molecule has 0 atom stereocenters. The van der Waals surface area contributed by atoms with Crippen molar-refractivity contribution in [1.82, 2.24) is 4.98 Å². The van der Waals surface area contributed by atoms with Crippen molar-refractivity contribution in [2.75, 3.05) is 5.75 Å². The third-order valence-electron chi connectivity index (χ3n) is 2.17. The van der Waals surface area contributed by atoms with Gasteiger partial charge in [0.25, 0.3) is 0 Å². The number of aromatic nitrogens is 1. The molecule has 0 aliphatic heterocycles. The van der Waals surface area contributed by atoms with Crippen LogP contribution in [0.25, 0.3) is 5.57 Å². The van der Waals surface area contributed by atoms with E-state index in [1.165, 1.54) is 0 Å². The number of nitrogens with zero attached hydrogens (tertiary/aromatic N) is 2. The molecule has 0 N–H and O–H groups in total. The Labute approximate surface area is 113 Å². The summed E-state index contributed by atoms with van der Waals surface area (Å²) in [5, 5.41) is 8.96. The van der Waals surface area contributed by atoms with Gasteiger partial charge in [-0.25, -0.2) is 0 Å². The van der Waals surface area contributed by atoms with E-state index in [-0.39, 0.29) is 0 Å². The zero-order valence-corrected chi connectivity index (χ0v) is 12.1. The Balaban J connectivity index is 3.08. The third-order valence-corrected chi connectivity index (χ3v) is 3.08. The fraction of sp³-hybridized carbons (Fsp3) is 0.429. The lowest BCUT2D eigenvalue weighted by molar-refractivity contribution is 0.169. The molecule has 0 unspecified atom stereocenters. The molecule has 0 aromatic carbocycles. The number of nitriles is 1. The Morgan fingerprint density at radius 2 is 2.28 bits per heavy atom. The molecule has 0 radical (unpaired) electrons. The molecular weight excluding hydrogens is 244 g/mol. The Bertz CT molecular complexity index is 489. The van der Waals surface area contributed by atoms with Crippen LogP contribution >= 0.6 is 11.8 Å². The number of rotatable bonds is 5. The van der Waals surface area contributed by atoms with Crippen LogP contribution in [-0.2, 0) is 0 Å². The zero-order valence-electron chi connectivity index (χ0n) is 11.3. The number of pyridine rings is 1. The topological polar surface area (TPSA) is 45.9 Å². The van der Waals surface area contributed by atoms with E-state index in [1.807, 2.05) is 13.0 Å². The van der Waals surface area contributed by atoms with E-state index in [1.54, 1.807) is 31.8 Å². The second-order valence-corrected chi connectivity index (χ2v) is 5.76. The maximum Gasteiger partial charge on any atom is 0.188 e. The van der Waals surface area contributed by atoms with E-state index >= 15 is 0 Å². The summed E-state index contributed by atoms with van der Waals surface area (Å²) in [7, 11) is 0. The van der Waals surface area contributed by atoms with E-state index in [4.69, 9.17) is 10.00 Å². The van der Waals surface area contributed by atoms with Gasteiger partial charge in [-0.15, -0.1) is 11.8 Å². The molecule has 0 spiro atoms. The molecule has 0 bridgehead atoms. The monoisotopic (exact) mass is 262 g/mol. The first-order valence-corrected chi connectivity index (χ1v) is 6.77. The molecule has 0 saturated heterocycles. The Morgan fingerprint density at radius 3 is 2.78 bits per heavy atom. The van der Waals surface area contributed by atoms with Gasteiger partial charge in [0.1, 0.15) is 11.8 Å². The van der Waals surface area contributed by atoms with Crippen LogP contribution in [0.5, 0.6) is 5.75 Å². The van der Waals surface area contributed by atoms with E-state index in [0.29, 0.717) is 5.75 Å². The van der Waals surface area contributed by atoms with Gasteiger partial charge in [-0.3, -0.25) is 4.98 Å². The Kier molecular flexibility index (Phi) is 4.80. The summed E-state index contributed by atoms with van der Waals surface area (Å²) in [5.41, 5.74) is 0.974. The van der Waals surface area contributed by atoms with Crippen LogP contribution in [0.2, 0.25) is 0 Å². The lowest BCUT2D eigenvalue weighted by Gasteiger charge is -2.19. The first-order valence-electron chi connectivity index (χ1n) is 5.78. The van der Waals surface area contributed by atoms with Gasteiger partial charge >= 0.3 is 0 Å². The quantitative estimate of drug-likeness (QED) is 0.755. The summed E-state index contributed by atoms with van der Waals surface area (Å²) in [6.07, 6.45) is 1.64. The standard InChI is InChI=1S/C14H18N2OS/c1-6-18-12-7-11(17-14(4,5)9-15)8-16-13(12)10(2)3/h7-8H,2,6H2,1,3-5H3. The number of ether oxygens (including phenoxy) is 1. The number of hydrogen-bond donors (Lipinski definition) is 0. The molecule has 96 valence electrons. The number of hydrogen-bond acceptors (Lipinski definition) is 4. The van der Waals surface area contributed by atoms with Crippen LogP contribution in [0.3, 0.4) is 0 Å². The van der Waals surface area contributed by atoms with Crippen LogP contribution in [0.1, 0.15) is 33.4 Å². The highest BCUT2D eigenvalue weighted by Gasteiger charge is 2.19. The molecule has 0 saturated carbocycles. The maximum atomic E-state index is 8.96. The molecule has 1 rings (SSSR count). The summed E-state index contributed by atoms with van der Waals surface area (Å²) >= 11 is 1.69. The van der Waals surface area contributed by atoms with Crippen LogP contribution in [0, 0.1) is 11.3 Å². The van der Waals surface area contributed by atoms with Crippen LogP contribution < -0.4 is 4.74 Å². The van der Waals surface area contributed by atoms with Crippen LogP contribution in [0.4, 0.5) is 0 Å². The first-order chi connectivity index (χ1) is 8.39. The van der Waals surface area contributed by atoms with Gasteiger partial charge in [-0.2, -0.15) is 5.26 Å². The zero-order chi connectivity index (χ0) is 13.8. The van der Waals surface area contributed by atoms with Gasteiger partial charge in [-0.1, -0.05) is 13.5 Å². The molecule has 0 amide bonds. The fourth-order valence-electron chi connectivity index (χ4n) is 1.39. The molecule has 0 aliphatic rings. The molecule has 1 heterocycles. The molecule has 18 heavy (non-hydrogen) atoms. The highest BCUT2D eigenvalue weighted by atomic mass is 32.2. The Morgan fingerprint density at radius 1 is 1.61 bits per heavy atom. The summed E-state index contributed by atoms with van der Waals surface area (Å²) < 4.78 is 5.61. The second-order valence-electron chi connectivity index (χ2n) is 4.46. The third kappa shape index (κ3) is 3.78. The predicted octanol–water partition coefficient (Wildman–Crippen LogP) is 3.91. The van der Waals surface area contributed by atoms with Gasteiger partial charge in [-0.05, 0) is 38.2 Å². The van der Waals surface area contributed by atoms with Gasteiger partial charge < -0.3 is 4.74 Å². The minimum Gasteiger partial charge on any atom is -0.471 e. The highest BCUT2D eigenvalue weighted by Crippen LogP contribution is 2.30. The van der Waals surface area contributed by atoms with Gasteiger partial charge in [0.2, 0.25) is 0 Å². The van der Waals surface area contributed by atoms with Gasteiger partial charge in [0.15, 0.2) is 5.60 Å². The molecule has 1 aromatic heterocycles. The van der Waals surface area contributed by atoms with Crippen molar-refractivity contribution in [3.8, 4) is 11.8 Å². The summed E-state index contributed by atoms with van der Waals surface area (Å²) in [6.45, 7) is 11.4. The minimum absolute atomic E-state index is 0.613. The molecular formula is C14H18N2OS. The largest absolute Gasteiger partial charge is 0.471 e. The summed E-state index contributed by atoms with van der Waals surface area (Å²) in [6, 6.07) is 4.03. The predicted molar refractivity (Wildman–Crippen MR) is 75.7 cm³/mol. The average molecular weight is 262 g/mol. The van der Waals surface area contributed by atoms with Crippen LogP contribution in [0.15, 0.2) is 23.7 Å². The van der Waals surface area contributed by atoms with Crippen molar-refractivity contribution in [2.24, 2.45) is 0 Å². The van der Waals surface area contributed by atoms with Crippen LogP contribution in [-0.4, -0.2) is 16.3 Å². The SMILES string of the molecule is C=C(C)c1ncc(OC(C)(C)C#N)cc1SCC. The molecule has 3 nitrogen and oxygen atoms in total. The maximum absolute atomic E-state index is 8.96. The van der Waals surface area contributed by atoms with E-state index in [9.17, 15) is 0 Å². The molecule has 0 aliphatic carbocycles. The van der Waals surface area contributed by atoms with Crippen molar-refractivity contribution >= 4 is 17.3 Å². The van der Waals surface area contributed by atoms with Crippen molar-refractivity contribution in [1.29, 1.82) is 5.26 Å². The summed E-state index contributed by atoms with van der Waals surface area (Å²) in [4.78, 5) is 5.40. The lowest BCUT2D eigenvalue weighted by atomic mass is 10.2. The van der Waals surface area contributed by atoms with E-state index in [2.05, 4.69) is 24.6 Å².